The summed E-state index contributed by atoms with van der Waals surface area (Å²) in [5.74, 6) is 1.06. The van der Waals surface area contributed by atoms with Crippen molar-refractivity contribution in [1.29, 1.82) is 0 Å². The fourth-order valence-electron chi connectivity index (χ4n) is 4.38. The third kappa shape index (κ3) is 4.21. The minimum atomic E-state index is -0.0428. The van der Waals surface area contributed by atoms with E-state index in [4.69, 9.17) is 0 Å². The molecule has 1 aliphatic heterocycles. The van der Waals surface area contributed by atoms with Gasteiger partial charge in [0.2, 0.25) is 5.91 Å². The van der Waals surface area contributed by atoms with Crippen molar-refractivity contribution < 1.29 is 4.79 Å². The summed E-state index contributed by atoms with van der Waals surface area (Å²) < 4.78 is 0. The fourth-order valence-corrected chi connectivity index (χ4v) is 4.38. The van der Waals surface area contributed by atoms with E-state index in [0.717, 1.165) is 38.9 Å². The maximum atomic E-state index is 13.2. The van der Waals surface area contributed by atoms with Crippen LogP contribution in [0.25, 0.3) is 0 Å². The summed E-state index contributed by atoms with van der Waals surface area (Å²) in [7, 11) is 0. The minimum Gasteiger partial charge on any atom is -0.341 e. The van der Waals surface area contributed by atoms with Crippen LogP contribution in [0.3, 0.4) is 0 Å². The molecule has 0 radical (unpaired) electrons. The van der Waals surface area contributed by atoms with Crippen LogP contribution in [-0.4, -0.2) is 36.5 Å². The van der Waals surface area contributed by atoms with Crippen LogP contribution in [0.15, 0.2) is 0 Å². The van der Waals surface area contributed by atoms with Crippen LogP contribution in [0.4, 0.5) is 0 Å². The Balaban J connectivity index is 2.02. The Hall–Kier alpha value is -0.570. The first-order valence-electron chi connectivity index (χ1n) is 9.10. The van der Waals surface area contributed by atoms with Gasteiger partial charge in [-0.1, -0.05) is 33.1 Å². The van der Waals surface area contributed by atoms with Gasteiger partial charge in [-0.25, -0.2) is 0 Å². The molecule has 122 valence electrons. The standard InChI is InChI=1S/C18H34N2O/c1-4-20(14-16-9-5-8-12-19-16)17(21)18(13-15(2)3)10-6-7-11-18/h15-16,19H,4-14H2,1-3H3. The third-order valence-electron chi connectivity index (χ3n) is 5.34. The summed E-state index contributed by atoms with van der Waals surface area (Å²) in [4.78, 5) is 15.4. The Labute approximate surface area is 130 Å². The third-order valence-corrected chi connectivity index (χ3v) is 5.34. The number of carbonyl (C=O) groups is 1. The number of likely N-dealkylation sites (N-methyl/N-ethyl adjacent to an activating group) is 1. The molecule has 0 aromatic heterocycles. The highest BCUT2D eigenvalue weighted by atomic mass is 16.2. The fraction of sp³-hybridized carbons (Fsp3) is 0.944. The molecule has 21 heavy (non-hydrogen) atoms. The molecule has 3 heteroatoms. The molecule has 1 saturated carbocycles. The van der Waals surface area contributed by atoms with Crippen molar-refractivity contribution in [2.45, 2.75) is 78.2 Å². The predicted molar refractivity (Wildman–Crippen MR) is 88.3 cm³/mol. The Kier molecular flexibility index (Phi) is 6.09. The molecule has 0 bridgehead atoms. The lowest BCUT2D eigenvalue weighted by Gasteiger charge is -2.37. The van der Waals surface area contributed by atoms with Crippen molar-refractivity contribution >= 4 is 5.91 Å². The molecular formula is C18H34N2O. The lowest BCUT2D eigenvalue weighted by molar-refractivity contribution is -0.143. The van der Waals surface area contributed by atoms with E-state index in [0.29, 0.717) is 17.9 Å². The van der Waals surface area contributed by atoms with Gasteiger partial charge in [-0.3, -0.25) is 4.79 Å². The highest BCUT2D eigenvalue weighted by Crippen LogP contribution is 2.44. The van der Waals surface area contributed by atoms with Gasteiger partial charge in [-0.15, -0.1) is 0 Å². The topological polar surface area (TPSA) is 32.3 Å². The largest absolute Gasteiger partial charge is 0.341 e. The number of hydrogen-bond acceptors (Lipinski definition) is 2. The Morgan fingerprint density at radius 3 is 2.48 bits per heavy atom. The zero-order valence-corrected chi connectivity index (χ0v) is 14.3. The first-order valence-corrected chi connectivity index (χ1v) is 9.10. The van der Waals surface area contributed by atoms with E-state index in [-0.39, 0.29) is 5.41 Å². The average Bonchev–Trinajstić information content (AvgIpc) is 2.94. The van der Waals surface area contributed by atoms with Gasteiger partial charge in [-0.05, 0) is 51.5 Å². The van der Waals surface area contributed by atoms with Crippen molar-refractivity contribution in [3.05, 3.63) is 0 Å². The normalized spacial score (nSPS) is 25.2. The molecule has 1 atom stereocenters. The Bertz CT molecular complexity index is 328. The lowest BCUT2D eigenvalue weighted by Crippen LogP contribution is -2.50. The predicted octanol–water partition coefficient (Wildman–Crippen LogP) is 3.58. The highest BCUT2D eigenvalue weighted by Gasteiger charge is 2.43. The van der Waals surface area contributed by atoms with Gasteiger partial charge in [0.05, 0.1) is 0 Å². The second-order valence-electron chi connectivity index (χ2n) is 7.58. The molecule has 0 aromatic rings. The van der Waals surface area contributed by atoms with Crippen LogP contribution < -0.4 is 5.32 Å². The van der Waals surface area contributed by atoms with E-state index < -0.39 is 0 Å². The van der Waals surface area contributed by atoms with E-state index in [1.807, 2.05) is 0 Å². The number of carbonyl (C=O) groups excluding carboxylic acids is 1. The van der Waals surface area contributed by atoms with E-state index in [2.05, 4.69) is 31.0 Å². The van der Waals surface area contributed by atoms with Gasteiger partial charge in [0.25, 0.3) is 0 Å². The maximum absolute atomic E-state index is 13.2. The zero-order valence-electron chi connectivity index (χ0n) is 14.3. The van der Waals surface area contributed by atoms with Crippen molar-refractivity contribution in [2.24, 2.45) is 11.3 Å². The molecule has 1 aliphatic carbocycles. The van der Waals surface area contributed by atoms with Gasteiger partial charge < -0.3 is 10.2 Å². The van der Waals surface area contributed by atoms with Crippen LogP contribution >= 0.6 is 0 Å². The number of amides is 1. The van der Waals surface area contributed by atoms with Gasteiger partial charge >= 0.3 is 0 Å². The number of nitrogens with zero attached hydrogens (tertiary/aromatic N) is 1. The van der Waals surface area contributed by atoms with E-state index >= 15 is 0 Å². The molecule has 1 saturated heterocycles. The molecule has 0 spiro atoms. The smallest absolute Gasteiger partial charge is 0.228 e. The van der Waals surface area contributed by atoms with Gasteiger partial charge in [0, 0.05) is 24.5 Å². The van der Waals surface area contributed by atoms with E-state index in [9.17, 15) is 4.79 Å². The molecule has 1 unspecified atom stereocenters. The van der Waals surface area contributed by atoms with Gasteiger partial charge in [0.15, 0.2) is 0 Å². The molecule has 1 N–H and O–H groups in total. The Morgan fingerprint density at radius 1 is 1.24 bits per heavy atom. The summed E-state index contributed by atoms with van der Waals surface area (Å²) in [5, 5.41) is 3.59. The first kappa shape index (κ1) is 16.8. The first-order chi connectivity index (χ1) is 10.1. The van der Waals surface area contributed by atoms with Gasteiger partial charge in [-0.2, -0.15) is 0 Å². The van der Waals surface area contributed by atoms with Crippen molar-refractivity contribution in [3.63, 3.8) is 0 Å². The number of rotatable bonds is 6. The van der Waals surface area contributed by atoms with Crippen LogP contribution in [-0.2, 0) is 4.79 Å². The monoisotopic (exact) mass is 294 g/mol. The maximum Gasteiger partial charge on any atom is 0.228 e. The molecule has 3 nitrogen and oxygen atoms in total. The van der Waals surface area contributed by atoms with Crippen LogP contribution in [0.2, 0.25) is 0 Å². The number of hydrogen-bond donors (Lipinski definition) is 1. The molecule has 0 aromatic carbocycles. The second kappa shape index (κ2) is 7.62. The quantitative estimate of drug-likeness (QED) is 0.812. The molecule has 1 amide bonds. The lowest BCUT2D eigenvalue weighted by atomic mass is 9.77. The number of nitrogens with one attached hydrogen (secondary N) is 1. The SMILES string of the molecule is CCN(CC1CCCCN1)C(=O)C1(CC(C)C)CCCC1. The molecule has 2 fully saturated rings. The summed E-state index contributed by atoms with van der Waals surface area (Å²) in [6.45, 7) is 9.54. The zero-order chi connectivity index (χ0) is 15.3. The molecular weight excluding hydrogens is 260 g/mol. The summed E-state index contributed by atoms with van der Waals surface area (Å²) in [5.41, 5.74) is -0.0428. The second-order valence-corrected chi connectivity index (χ2v) is 7.58. The highest BCUT2D eigenvalue weighted by molar-refractivity contribution is 5.83. The summed E-state index contributed by atoms with van der Waals surface area (Å²) in [6, 6.07) is 0.514. The van der Waals surface area contributed by atoms with E-state index in [1.165, 1.54) is 32.1 Å². The minimum absolute atomic E-state index is 0.0428. The van der Waals surface area contributed by atoms with Crippen molar-refractivity contribution in [2.75, 3.05) is 19.6 Å². The van der Waals surface area contributed by atoms with Crippen LogP contribution in [0.1, 0.15) is 72.1 Å². The van der Waals surface area contributed by atoms with Crippen LogP contribution in [0, 0.1) is 11.3 Å². The summed E-state index contributed by atoms with van der Waals surface area (Å²) in [6.07, 6.45) is 9.57. The average molecular weight is 294 g/mol. The van der Waals surface area contributed by atoms with E-state index in [1.54, 1.807) is 0 Å². The molecule has 1 heterocycles. The van der Waals surface area contributed by atoms with Crippen molar-refractivity contribution in [1.82, 2.24) is 10.2 Å². The number of piperidine rings is 1. The Morgan fingerprint density at radius 2 is 1.95 bits per heavy atom. The molecule has 2 rings (SSSR count). The summed E-state index contributed by atoms with van der Waals surface area (Å²) >= 11 is 0. The van der Waals surface area contributed by atoms with Gasteiger partial charge in [0.1, 0.15) is 0 Å². The van der Waals surface area contributed by atoms with Crippen LogP contribution in [0.5, 0.6) is 0 Å². The molecule has 2 aliphatic rings. The van der Waals surface area contributed by atoms with Crippen molar-refractivity contribution in [3.8, 4) is 0 Å².